The molecule has 134 valence electrons. The van der Waals surface area contributed by atoms with Crippen LogP contribution in [0.3, 0.4) is 0 Å². The molecule has 1 atom stereocenters. The van der Waals surface area contributed by atoms with E-state index >= 15 is 0 Å². The lowest BCUT2D eigenvalue weighted by atomic mass is 10.1. The largest absolute Gasteiger partial charge is 0.453 e. The lowest BCUT2D eigenvalue weighted by Gasteiger charge is -2.35. The van der Waals surface area contributed by atoms with Gasteiger partial charge in [-0.1, -0.05) is 6.07 Å². The van der Waals surface area contributed by atoms with Gasteiger partial charge in [0.1, 0.15) is 0 Å². The summed E-state index contributed by atoms with van der Waals surface area (Å²) in [6, 6.07) is 3.75. The molecule has 2 aliphatic rings. The number of carbonyl (C=O) groups excluding carboxylic acids is 3. The number of likely N-dealkylation sites (tertiary alicyclic amines) is 1. The number of hydrogen-bond donors (Lipinski definition) is 0. The molecule has 2 saturated heterocycles. The van der Waals surface area contributed by atoms with Crippen molar-refractivity contribution in [1.29, 1.82) is 0 Å². The van der Waals surface area contributed by atoms with E-state index in [9.17, 15) is 14.4 Å². The van der Waals surface area contributed by atoms with Gasteiger partial charge in [0, 0.05) is 58.1 Å². The molecule has 0 saturated carbocycles. The van der Waals surface area contributed by atoms with Gasteiger partial charge in [-0.25, -0.2) is 4.79 Å². The molecule has 2 fully saturated rings. The summed E-state index contributed by atoms with van der Waals surface area (Å²) in [7, 11) is 1.35. The quantitative estimate of drug-likeness (QED) is 0.788. The molecule has 8 nitrogen and oxygen atoms in total. The standard InChI is InChI=1S/C17H22N4O4/c1-25-17(24)20-7-5-19(6-8-20)16(23)14-9-15(22)21(12-14)11-13-3-2-4-18-10-13/h2-4,10,14H,5-9,11-12H2,1H3/t14-/m0/s1. The van der Waals surface area contributed by atoms with Gasteiger partial charge in [0.25, 0.3) is 0 Å². The van der Waals surface area contributed by atoms with Gasteiger partial charge in [-0.05, 0) is 11.6 Å². The fourth-order valence-corrected chi connectivity index (χ4v) is 3.30. The van der Waals surface area contributed by atoms with Crippen molar-refractivity contribution in [3.8, 4) is 0 Å². The number of hydrogen-bond acceptors (Lipinski definition) is 5. The smallest absolute Gasteiger partial charge is 0.409 e. The minimum absolute atomic E-state index is 0.00426. The minimum Gasteiger partial charge on any atom is -0.453 e. The molecule has 0 spiro atoms. The summed E-state index contributed by atoms with van der Waals surface area (Å²) in [5.74, 6) is -0.323. The molecule has 0 N–H and O–H groups in total. The van der Waals surface area contributed by atoms with Gasteiger partial charge in [0.15, 0.2) is 0 Å². The fourth-order valence-electron chi connectivity index (χ4n) is 3.30. The van der Waals surface area contributed by atoms with Gasteiger partial charge in [-0.15, -0.1) is 0 Å². The van der Waals surface area contributed by atoms with Crippen LogP contribution in [0.2, 0.25) is 0 Å². The van der Waals surface area contributed by atoms with Crippen molar-refractivity contribution < 1.29 is 19.1 Å². The second-order valence-electron chi connectivity index (χ2n) is 6.32. The molecule has 8 heteroatoms. The fraction of sp³-hybridized carbons (Fsp3) is 0.529. The highest BCUT2D eigenvalue weighted by molar-refractivity contribution is 5.89. The highest BCUT2D eigenvalue weighted by atomic mass is 16.5. The lowest BCUT2D eigenvalue weighted by Crippen LogP contribution is -2.52. The average molecular weight is 346 g/mol. The number of methoxy groups -OCH3 is 1. The number of carbonyl (C=O) groups is 3. The molecule has 1 aromatic heterocycles. The molecule has 0 aliphatic carbocycles. The van der Waals surface area contributed by atoms with Gasteiger partial charge in [0.05, 0.1) is 13.0 Å². The molecule has 3 rings (SSSR count). The third-order valence-electron chi connectivity index (χ3n) is 4.68. The number of pyridine rings is 1. The first-order valence-corrected chi connectivity index (χ1v) is 8.37. The van der Waals surface area contributed by atoms with E-state index in [1.165, 1.54) is 7.11 Å². The predicted molar refractivity (Wildman–Crippen MR) is 88.3 cm³/mol. The van der Waals surface area contributed by atoms with Crippen LogP contribution in [0.4, 0.5) is 4.79 Å². The molecule has 2 aliphatic heterocycles. The van der Waals surface area contributed by atoms with Crippen LogP contribution < -0.4 is 0 Å². The van der Waals surface area contributed by atoms with Crippen molar-refractivity contribution in [2.24, 2.45) is 5.92 Å². The van der Waals surface area contributed by atoms with Crippen LogP contribution in [0.15, 0.2) is 24.5 Å². The normalized spacial score (nSPS) is 20.8. The molecular weight excluding hydrogens is 324 g/mol. The first kappa shape index (κ1) is 17.2. The highest BCUT2D eigenvalue weighted by Crippen LogP contribution is 2.22. The van der Waals surface area contributed by atoms with E-state index < -0.39 is 0 Å². The molecule has 0 radical (unpaired) electrons. The van der Waals surface area contributed by atoms with Gasteiger partial charge in [-0.2, -0.15) is 0 Å². The molecule has 3 amide bonds. The maximum absolute atomic E-state index is 12.7. The summed E-state index contributed by atoms with van der Waals surface area (Å²) < 4.78 is 4.70. The first-order valence-electron chi connectivity index (χ1n) is 8.37. The Morgan fingerprint density at radius 1 is 1.24 bits per heavy atom. The van der Waals surface area contributed by atoms with Crippen LogP contribution in [0.1, 0.15) is 12.0 Å². The van der Waals surface area contributed by atoms with Gasteiger partial charge < -0.3 is 19.4 Å². The minimum atomic E-state index is -0.370. The van der Waals surface area contributed by atoms with Crippen LogP contribution in [-0.4, -0.2) is 77.4 Å². The van der Waals surface area contributed by atoms with Crippen LogP contribution >= 0.6 is 0 Å². The summed E-state index contributed by atoms with van der Waals surface area (Å²) in [6.07, 6.45) is 3.30. The third-order valence-corrected chi connectivity index (χ3v) is 4.68. The molecule has 1 aromatic rings. The summed E-state index contributed by atoms with van der Waals surface area (Å²) in [5, 5.41) is 0. The van der Waals surface area contributed by atoms with E-state index in [-0.39, 0.29) is 30.2 Å². The molecule has 3 heterocycles. The molecule has 0 aromatic carbocycles. The highest BCUT2D eigenvalue weighted by Gasteiger charge is 2.37. The average Bonchev–Trinajstić information content (AvgIpc) is 3.02. The number of amides is 3. The van der Waals surface area contributed by atoms with Crippen molar-refractivity contribution in [2.45, 2.75) is 13.0 Å². The number of rotatable bonds is 3. The Kier molecular flexibility index (Phi) is 5.16. The summed E-state index contributed by atoms with van der Waals surface area (Å²) >= 11 is 0. The van der Waals surface area contributed by atoms with Gasteiger partial charge in [0.2, 0.25) is 11.8 Å². The summed E-state index contributed by atoms with van der Waals surface area (Å²) in [5.41, 5.74) is 0.954. The Labute approximate surface area is 146 Å². The first-order chi connectivity index (χ1) is 12.1. The van der Waals surface area contributed by atoms with E-state index in [0.29, 0.717) is 39.3 Å². The van der Waals surface area contributed by atoms with Gasteiger partial charge >= 0.3 is 6.09 Å². The second kappa shape index (κ2) is 7.50. The van der Waals surface area contributed by atoms with E-state index in [0.717, 1.165) is 5.56 Å². The zero-order valence-corrected chi connectivity index (χ0v) is 14.3. The summed E-state index contributed by atoms with van der Waals surface area (Å²) in [4.78, 5) is 45.5. The van der Waals surface area contributed by atoms with Crippen molar-refractivity contribution in [3.63, 3.8) is 0 Å². The predicted octanol–water partition coefficient (Wildman–Crippen LogP) is 0.341. The zero-order chi connectivity index (χ0) is 17.8. The van der Waals surface area contributed by atoms with Crippen molar-refractivity contribution in [3.05, 3.63) is 30.1 Å². The number of ether oxygens (including phenoxy) is 1. The molecule has 0 bridgehead atoms. The van der Waals surface area contributed by atoms with Gasteiger partial charge in [-0.3, -0.25) is 14.6 Å². The van der Waals surface area contributed by atoms with E-state index in [1.807, 2.05) is 12.1 Å². The Hall–Kier alpha value is -2.64. The Morgan fingerprint density at radius 3 is 2.60 bits per heavy atom. The van der Waals surface area contributed by atoms with Crippen LogP contribution in [-0.2, 0) is 20.9 Å². The van der Waals surface area contributed by atoms with Crippen LogP contribution in [0.5, 0.6) is 0 Å². The Balaban J connectivity index is 1.54. The van der Waals surface area contributed by atoms with E-state index in [1.54, 1.807) is 27.1 Å². The number of piperazine rings is 1. The second-order valence-corrected chi connectivity index (χ2v) is 6.32. The Bertz CT molecular complexity index is 643. The number of aromatic nitrogens is 1. The summed E-state index contributed by atoms with van der Waals surface area (Å²) in [6.45, 7) is 2.77. The monoisotopic (exact) mass is 346 g/mol. The van der Waals surface area contributed by atoms with Crippen molar-refractivity contribution in [2.75, 3.05) is 39.8 Å². The van der Waals surface area contributed by atoms with Crippen LogP contribution in [0, 0.1) is 5.92 Å². The molecule has 25 heavy (non-hydrogen) atoms. The van der Waals surface area contributed by atoms with Crippen molar-refractivity contribution >= 4 is 17.9 Å². The SMILES string of the molecule is COC(=O)N1CCN(C(=O)[C@H]2CC(=O)N(Cc3cccnc3)C2)CC1. The Morgan fingerprint density at radius 2 is 1.96 bits per heavy atom. The van der Waals surface area contributed by atoms with Crippen molar-refractivity contribution in [1.82, 2.24) is 19.7 Å². The molecular formula is C17H22N4O4. The topological polar surface area (TPSA) is 83.0 Å². The maximum atomic E-state index is 12.7. The third kappa shape index (κ3) is 3.89. The molecule has 0 unspecified atom stereocenters. The van der Waals surface area contributed by atoms with E-state index in [2.05, 4.69) is 4.98 Å². The maximum Gasteiger partial charge on any atom is 0.409 e. The van der Waals surface area contributed by atoms with Crippen LogP contribution in [0.25, 0.3) is 0 Å². The zero-order valence-electron chi connectivity index (χ0n) is 14.3. The lowest BCUT2D eigenvalue weighted by molar-refractivity contribution is -0.137. The number of nitrogens with zero attached hydrogens (tertiary/aromatic N) is 4. The van der Waals surface area contributed by atoms with E-state index in [4.69, 9.17) is 4.74 Å².